The van der Waals surface area contributed by atoms with Crippen LogP contribution in [0.5, 0.6) is 0 Å². The first-order valence-corrected chi connectivity index (χ1v) is 13.1. The molecule has 2 aliphatic heterocycles. The molecule has 0 aliphatic carbocycles. The molecule has 5 rings (SSSR count). The van der Waals surface area contributed by atoms with Crippen LogP contribution >= 0.6 is 23.1 Å². The molecule has 2 fully saturated rings. The van der Waals surface area contributed by atoms with Gasteiger partial charge < -0.3 is 20.1 Å². The van der Waals surface area contributed by atoms with Gasteiger partial charge in [-0.1, -0.05) is 66.7 Å². The van der Waals surface area contributed by atoms with E-state index in [9.17, 15) is 19.5 Å². The number of carbonyl (C=O) groups is 3. The van der Waals surface area contributed by atoms with Crippen molar-refractivity contribution in [3.05, 3.63) is 94.2 Å². The zero-order chi connectivity index (χ0) is 24.4. The van der Waals surface area contributed by atoms with Gasteiger partial charge in [0.15, 0.2) is 11.7 Å². The summed E-state index contributed by atoms with van der Waals surface area (Å²) < 4.78 is 5.85. The fraction of sp³-hybridized carbons (Fsp3) is 0.269. The van der Waals surface area contributed by atoms with Crippen LogP contribution in [0, 0.1) is 0 Å². The fourth-order valence-electron chi connectivity index (χ4n) is 4.28. The Kier molecular flexibility index (Phi) is 6.64. The molecular weight excluding hydrogens is 484 g/mol. The maximum absolute atomic E-state index is 13.2. The number of carbonyl (C=O) groups excluding carboxylic acids is 3. The molecule has 0 saturated carbocycles. The molecule has 2 aliphatic rings. The molecule has 2 amide bonds. The van der Waals surface area contributed by atoms with Crippen LogP contribution < -0.4 is 5.32 Å². The van der Waals surface area contributed by atoms with Gasteiger partial charge in [0.05, 0.1) is 13.0 Å². The molecule has 2 aromatic carbocycles. The Morgan fingerprint density at radius 2 is 1.71 bits per heavy atom. The van der Waals surface area contributed by atoms with E-state index in [1.165, 1.54) is 28.0 Å². The van der Waals surface area contributed by atoms with Crippen molar-refractivity contribution in [2.24, 2.45) is 0 Å². The predicted octanol–water partition coefficient (Wildman–Crippen LogP) is 2.75. The minimum absolute atomic E-state index is 0.0634. The number of ether oxygens (including phenoxy) is 1. The van der Waals surface area contributed by atoms with Crippen LogP contribution in [-0.4, -0.2) is 57.1 Å². The van der Waals surface area contributed by atoms with Gasteiger partial charge in [-0.15, -0.1) is 23.1 Å². The monoisotopic (exact) mass is 508 g/mol. The average molecular weight is 509 g/mol. The average Bonchev–Trinajstić information content (AvgIpc) is 3.39. The van der Waals surface area contributed by atoms with Crippen molar-refractivity contribution >= 4 is 40.9 Å². The lowest BCUT2D eigenvalue weighted by Gasteiger charge is -2.52. The molecule has 0 spiro atoms. The van der Waals surface area contributed by atoms with Crippen molar-refractivity contribution in [3.8, 4) is 0 Å². The van der Waals surface area contributed by atoms with Gasteiger partial charge in [-0.2, -0.15) is 0 Å². The third-order valence-electron chi connectivity index (χ3n) is 6.11. The predicted molar refractivity (Wildman–Crippen MR) is 134 cm³/mol. The molecule has 1 aromatic heterocycles. The Morgan fingerprint density at radius 1 is 1.06 bits per heavy atom. The smallest absolute Gasteiger partial charge is 0.341 e. The Balaban J connectivity index is 1.25. The van der Waals surface area contributed by atoms with E-state index < -0.39 is 23.7 Å². The van der Waals surface area contributed by atoms with E-state index in [0.717, 1.165) is 16.0 Å². The van der Waals surface area contributed by atoms with Crippen LogP contribution in [0.1, 0.15) is 22.1 Å². The van der Waals surface area contributed by atoms with Crippen LogP contribution in [0.4, 0.5) is 0 Å². The number of thiophene rings is 1. The van der Waals surface area contributed by atoms with E-state index >= 15 is 0 Å². The van der Waals surface area contributed by atoms with E-state index in [2.05, 4.69) is 5.32 Å². The maximum atomic E-state index is 13.2. The third kappa shape index (κ3) is 4.84. The van der Waals surface area contributed by atoms with Gasteiger partial charge in [0, 0.05) is 10.6 Å². The zero-order valence-corrected chi connectivity index (χ0v) is 20.3. The largest absolute Gasteiger partial charge is 0.450 e. The first kappa shape index (κ1) is 23.6. The van der Waals surface area contributed by atoms with E-state index in [1.807, 2.05) is 78.2 Å². The zero-order valence-electron chi connectivity index (χ0n) is 18.7. The second-order valence-electron chi connectivity index (χ2n) is 8.61. The van der Waals surface area contributed by atoms with Crippen molar-refractivity contribution < 1.29 is 24.2 Å². The van der Waals surface area contributed by atoms with Crippen molar-refractivity contribution in [1.29, 1.82) is 0 Å². The van der Waals surface area contributed by atoms with Gasteiger partial charge >= 0.3 is 5.97 Å². The minimum atomic E-state index is -1.84. The number of aliphatic hydroxyl groups is 1. The van der Waals surface area contributed by atoms with Crippen LogP contribution in [0.25, 0.3) is 0 Å². The molecule has 3 aromatic rings. The molecule has 0 radical (unpaired) electrons. The van der Waals surface area contributed by atoms with Crippen LogP contribution in [0.2, 0.25) is 0 Å². The van der Waals surface area contributed by atoms with Crippen molar-refractivity contribution in [1.82, 2.24) is 10.2 Å². The molecule has 0 bridgehead atoms. The molecule has 2 N–H and O–H groups in total. The number of nitrogens with zero attached hydrogens (tertiary/aromatic N) is 1. The molecule has 3 heterocycles. The third-order valence-corrected chi connectivity index (χ3v) is 8.50. The summed E-state index contributed by atoms with van der Waals surface area (Å²) in [7, 11) is 0. The maximum Gasteiger partial charge on any atom is 0.341 e. The topological polar surface area (TPSA) is 95.9 Å². The fourth-order valence-corrected chi connectivity index (χ4v) is 6.38. The highest BCUT2D eigenvalue weighted by molar-refractivity contribution is 8.00. The second kappa shape index (κ2) is 9.85. The second-order valence-corrected chi connectivity index (χ2v) is 10.7. The first-order valence-electron chi connectivity index (χ1n) is 11.2. The minimum Gasteiger partial charge on any atom is -0.450 e. The lowest BCUT2D eigenvalue weighted by molar-refractivity contribution is -0.175. The van der Waals surface area contributed by atoms with Gasteiger partial charge in [-0.25, -0.2) is 4.79 Å². The molecule has 35 heavy (non-hydrogen) atoms. The van der Waals surface area contributed by atoms with Crippen molar-refractivity contribution in [2.75, 3.05) is 12.3 Å². The Bertz CT molecular complexity index is 1170. The van der Waals surface area contributed by atoms with Gasteiger partial charge in [0.25, 0.3) is 0 Å². The molecule has 3 atom stereocenters. The number of fused-ring (bicyclic) bond motifs is 1. The van der Waals surface area contributed by atoms with E-state index in [0.29, 0.717) is 0 Å². The highest BCUT2D eigenvalue weighted by Crippen LogP contribution is 2.39. The Morgan fingerprint density at radius 3 is 2.31 bits per heavy atom. The molecule has 9 heteroatoms. The van der Waals surface area contributed by atoms with Gasteiger partial charge in [-0.3, -0.25) is 9.59 Å². The summed E-state index contributed by atoms with van der Waals surface area (Å²) in [5.74, 6) is -1.25. The first-order chi connectivity index (χ1) is 16.9. The van der Waals surface area contributed by atoms with Gasteiger partial charge in [0.2, 0.25) is 11.8 Å². The number of hydrogen-bond acceptors (Lipinski definition) is 7. The molecule has 7 nitrogen and oxygen atoms in total. The Hall–Kier alpha value is -3.14. The van der Waals surface area contributed by atoms with Crippen molar-refractivity contribution in [3.63, 3.8) is 0 Å². The van der Waals surface area contributed by atoms with E-state index in [1.54, 1.807) is 0 Å². The van der Waals surface area contributed by atoms with Gasteiger partial charge in [0.1, 0.15) is 11.4 Å². The summed E-state index contributed by atoms with van der Waals surface area (Å²) in [5.41, 5.74) is -0.277. The number of amides is 2. The molecule has 2 unspecified atom stereocenters. The normalized spacial score (nSPS) is 23.4. The Labute approximate surface area is 211 Å². The lowest BCUT2D eigenvalue weighted by Crippen LogP contribution is -2.75. The number of hydrogen-bond donors (Lipinski definition) is 2. The van der Waals surface area contributed by atoms with Gasteiger partial charge in [-0.05, 0) is 22.6 Å². The van der Waals surface area contributed by atoms with Crippen LogP contribution in [0.3, 0.4) is 0 Å². The highest BCUT2D eigenvalue weighted by Gasteiger charge is 2.57. The number of rotatable bonds is 7. The summed E-state index contributed by atoms with van der Waals surface area (Å²) in [6, 6.07) is 21.8. The van der Waals surface area contributed by atoms with Crippen LogP contribution in [-0.2, 0) is 25.5 Å². The summed E-state index contributed by atoms with van der Waals surface area (Å²) in [6.07, 6.45) is -0.469. The quantitative estimate of drug-likeness (QED) is 0.376. The molecular formula is C26H24N2O5S2. The van der Waals surface area contributed by atoms with E-state index in [4.69, 9.17) is 4.74 Å². The number of esters is 1. The summed E-state index contributed by atoms with van der Waals surface area (Å²) in [4.78, 5) is 40.7. The summed E-state index contributed by atoms with van der Waals surface area (Å²) in [6.45, 7) is -0.171. The SMILES string of the molecule is O=C(Cc1cccs1)NC1C(=O)N2CC(O)(C(=O)OC(c3ccccc3)c3ccccc3)CS[C@H]12. The summed E-state index contributed by atoms with van der Waals surface area (Å²) >= 11 is 2.76. The lowest BCUT2D eigenvalue weighted by atomic mass is 9.98. The van der Waals surface area contributed by atoms with E-state index in [-0.39, 0.29) is 35.9 Å². The number of β-lactam (4-membered cyclic amide) rings is 1. The standard InChI is InChI=1S/C26H24N2O5S2/c29-20(14-19-12-7-13-34-19)27-21-23(30)28-15-26(32,16-35-24(21)28)25(31)33-22(17-8-3-1-4-9-17)18-10-5-2-6-11-18/h1-13,21-22,24,32H,14-16H2,(H,27,29)/t21?,24-,26?/m1/s1. The molecule has 2 saturated heterocycles. The highest BCUT2D eigenvalue weighted by atomic mass is 32.2. The number of benzene rings is 2. The number of nitrogens with one attached hydrogen (secondary N) is 1. The summed E-state index contributed by atoms with van der Waals surface area (Å²) in [5, 5.41) is 15.6. The van der Waals surface area contributed by atoms with Crippen molar-refractivity contribution in [2.45, 2.75) is 29.5 Å². The number of thioether (sulfide) groups is 1. The van der Waals surface area contributed by atoms with Crippen LogP contribution in [0.15, 0.2) is 78.2 Å². The molecule has 180 valence electrons.